The summed E-state index contributed by atoms with van der Waals surface area (Å²) in [6.45, 7) is 0. The van der Waals surface area contributed by atoms with Crippen molar-refractivity contribution in [3.05, 3.63) is 0 Å². The molecule has 0 spiro atoms. The summed E-state index contributed by atoms with van der Waals surface area (Å²) in [5.74, 6) is -0.479. The molecule has 1 aliphatic heterocycles. The normalized spacial score (nSPS) is 22.0. The summed E-state index contributed by atoms with van der Waals surface area (Å²) in [4.78, 5) is 10.3. The lowest BCUT2D eigenvalue weighted by Crippen LogP contribution is -2.19. The highest BCUT2D eigenvalue weighted by atomic mass is 16.4. The van der Waals surface area contributed by atoms with Crippen LogP contribution in [0.4, 0.5) is 0 Å². The van der Waals surface area contributed by atoms with Crippen LogP contribution < -0.4 is 5.43 Å². The van der Waals surface area contributed by atoms with E-state index in [4.69, 9.17) is 5.21 Å². The zero-order valence-electron chi connectivity index (χ0n) is 3.83. The molecule has 0 bridgehead atoms. The maximum absolute atomic E-state index is 10.3. The van der Waals surface area contributed by atoms with Crippen LogP contribution in [0.15, 0.2) is 10.3 Å². The molecule has 0 aromatic heterocycles. The Morgan fingerprint density at radius 2 is 2.62 bits per heavy atom. The molecule has 0 radical (unpaired) electrons. The van der Waals surface area contributed by atoms with E-state index in [1.807, 2.05) is 0 Å². The molecule has 2 N–H and O–H groups in total. The molecule has 0 saturated heterocycles. The van der Waals surface area contributed by atoms with Crippen LogP contribution >= 0.6 is 0 Å². The second-order valence-corrected chi connectivity index (χ2v) is 1.18. The predicted octanol–water partition coefficient (Wildman–Crippen LogP) is -1.07. The van der Waals surface area contributed by atoms with Crippen LogP contribution in [-0.4, -0.2) is 23.0 Å². The van der Waals surface area contributed by atoms with Gasteiger partial charge in [0.25, 0.3) is 5.91 Å². The molecule has 0 unspecified atom stereocenters. The van der Waals surface area contributed by atoms with Gasteiger partial charge < -0.3 is 5.21 Å². The molecule has 1 heterocycles. The zero-order valence-corrected chi connectivity index (χ0v) is 3.83. The van der Waals surface area contributed by atoms with Crippen molar-refractivity contribution in [3.8, 4) is 0 Å². The first-order valence-corrected chi connectivity index (χ1v) is 1.90. The number of hydrazone groups is 1. The number of hydrogen-bond acceptors (Lipinski definition) is 4. The summed E-state index contributed by atoms with van der Waals surface area (Å²) in [6, 6.07) is 0. The number of rotatable bonds is 0. The maximum atomic E-state index is 10.3. The van der Waals surface area contributed by atoms with Crippen molar-refractivity contribution in [2.24, 2.45) is 10.3 Å². The van der Waals surface area contributed by atoms with E-state index in [1.165, 1.54) is 0 Å². The van der Waals surface area contributed by atoms with E-state index in [0.717, 1.165) is 6.21 Å². The van der Waals surface area contributed by atoms with E-state index in [0.29, 0.717) is 0 Å². The lowest BCUT2D eigenvalue weighted by Gasteiger charge is -1.81. The van der Waals surface area contributed by atoms with E-state index in [2.05, 4.69) is 15.7 Å². The number of nitrogens with zero attached hydrogens (tertiary/aromatic N) is 2. The van der Waals surface area contributed by atoms with E-state index < -0.39 is 5.91 Å². The van der Waals surface area contributed by atoms with Gasteiger partial charge in [-0.1, -0.05) is 5.16 Å². The fourth-order valence-electron chi connectivity index (χ4n) is 0.339. The molecule has 42 valence electrons. The minimum Gasteiger partial charge on any atom is -0.410 e. The Morgan fingerprint density at radius 3 is 2.88 bits per heavy atom. The SMILES string of the molecule is O=C1NN=C/C1=N\O. The summed E-state index contributed by atoms with van der Waals surface area (Å²) in [6.07, 6.45) is 1.14. The number of carbonyl (C=O) groups excluding carboxylic acids is 1. The second-order valence-electron chi connectivity index (χ2n) is 1.18. The number of nitrogens with one attached hydrogen (secondary N) is 1. The smallest absolute Gasteiger partial charge is 0.295 e. The zero-order chi connectivity index (χ0) is 5.98. The van der Waals surface area contributed by atoms with Crippen molar-refractivity contribution in [1.29, 1.82) is 0 Å². The molecule has 0 aliphatic carbocycles. The van der Waals surface area contributed by atoms with E-state index in [1.54, 1.807) is 0 Å². The van der Waals surface area contributed by atoms with Gasteiger partial charge >= 0.3 is 0 Å². The van der Waals surface area contributed by atoms with Gasteiger partial charge in [0, 0.05) is 0 Å². The standard InChI is InChI=1S/C3H3N3O2/c7-3-2(6-8)1-4-5-3/h1,8H,(H,5,6,7). The van der Waals surface area contributed by atoms with Crippen LogP contribution in [0, 0.1) is 0 Å². The van der Waals surface area contributed by atoms with Gasteiger partial charge in [-0.2, -0.15) is 5.10 Å². The molecule has 0 atom stereocenters. The van der Waals surface area contributed by atoms with Gasteiger partial charge in [0.05, 0.1) is 6.21 Å². The Labute approximate surface area is 44.7 Å². The third kappa shape index (κ3) is 0.534. The van der Waals surface area contributed by atoms with Crippen LogP contribution in [0.3, 0.4) is 0 Å². The fraction of sp³-hybridized carbons (Fsp3) is 0. The highest BCUT2D eigenvalue weighted by Crippen LogP contribution is 1.80. The Kier molecular flexibility index (Phi) is 0.957. The number of hydrogen-bond donors (Lipinski definition) is 2. The minimum absolute atomic E-state index is 0.0648. The molecular weight excluding hydrogens is 110 g/mol. The Bertz CT molecular complexity index is 171. The van der Waals surface area contributed by atoms with E-state index in [9.17, 15) is 4.79 Å². The van der Waals surface area contributed by atoms with Crippen LogP contribution in [0.2, 0.25) is 0 Å². The molecule has 1 aliphatic rings. The summed E-state index contributed by atoms with van der Waals surface area (Å²) >= 11 is 0. The average molecular weight is 113 g/mol. The minimum atomic E-state index is -0.479. The molecule has 1 rings (SSSR count). The molecular formula is C3H3N3O2. The van der Waals surface area contributed by atoms with Crippen molar-refractivity contribution in [1.82, 2.24) is 5.43 Å². The third-order valence-corrected chi connectivity index (χ3v) is 0.693. The number of amides is 1. The van der Waals surface area contributed by atoms with E-state index >= 15 is 0 Å². The van der Waals surface area contributed by atoms with Gasteiger partial charge in [-0.05, 0) is 0 Å². The van der Waals surface area contributed by atoms with Gasteiger partial charge in [0.15, 0.2) is 5.71 Å². The second kappa shape index (κ2) is 1.61. The van der Waals surface area contributed by atoms with Gasteiger partial charge in [0.2, 0.25) is 0 Å². The highest BCUT2D eigenvalue weighted by molar-refractivity contribution is 6.62. The van der Waals surface area contributed by atoms with Gasteiger partial charge in [-0.15, -0.1) is 0 Å². The molecule has 0 saturated carbocycles. The van der Waals surface area contributed by atoms with Crippen molar-refractivity contribution >= 4 is 17.8 Å². The average Bonchev–Trinajstić information content (AvgIpc) is 2.14. The van der Waals surface area contributed by atoms with Gasteiger partial charge in [-0.3, -0.25) is 4.79 Å². The lowest BCUT2D eigenvalue weighted by atomic mass is 10.4. The topological polar surface area (TPSA) is 74.0 Å². The van der Waals surface area contributed by atoms with Crippen LogP contribution in [-0.2, 0) is 4.79 Å². The van der Waals surface area contributed by atoms with E-state index in [-0.39, 0.29) is 5.71 Å². The van der Waals surface area contributed by atoms with Crippen LogP contribution in [0.25, 0.3) is 0 Å². The summed E-state index contributed by atoms with van der Waals surface area (Å²) < 4.78 is 0. The number of carbonyl (C=O) groups is 1. The van der Waals surface area contributed by atoms with Crippen molar-refractivity contribution in [2.45, 2.75) is 0 Å². The van der Waals surface area contributed by atoms with Crippen LogP contribution in [0.1, 0.15) is 0 Å². The summed E-state index contributed by atoms with van der Waals surface area (Å²) in [5, 5.41) is 13.9. The first-order chi connectivity index (χ1) is 3.84. The first kappa shape index (κ1) is 4.76. The molecule has 5 nitrogen and oxygen atoms in total. The number of oxime groups is 1. The molecule has 0 fully saturated rings. The predicted molar refractivity (Wildman–Crippen MR) is 25.9 cm³/mol. The van der Waals surface area contributed by atoms with Crippen molar-refractivity contribution < 1.29 is 10.0 Å². The molecule has 1 amide bonds. The van der Waals surface area contributed by atoms with Crippen molar-refractivity contribution in [2.75, 3.05) is 0 Å². The monoisotopic (exact) mass is 113 g/mol. The molecule has 5 heteroatoms. The quantitative estimate of drug-likeness (QED) is 0.310. The van der Waals surface area contributed by atoms with Gasteiger partial charge in [-0.25, -0.2) is 5.43 Å². The Hall–Kier alpha value is -1.39. The summed E-state index contributed by atoms with van der Waals surface area (Å²) in [7, 11) is 0. The molecule has 0 aromatic rings. The molecule has 8 heavy (non-hydrogen) atoms. The Balaban J connectivity index is 2.82. The molecule has 0 aromatic carbocycles. The first-order valence-electron chi connectivity index (χ1n) is 1.90. The van der Waals surface area contributed by atoms with Crippen molar-refractivity contribution in [3.63, 3.8) is 0 Å². The Morgan fingerprint density at radius 1 is 1.88 bits per heavy atom. The third-order valence-electron chi connectivity index (χ3n) is 0.693. The largest absolute Gasteiger partial charge is 0.410 e. The summed E-state index contributed by atoms with van der Waals surface area (Å²) in [5.41, 5.74) is 2.00. The lowest BCUT2D eigenvalue weighted by molar-refractivity contribution is -0.114. The maximum Gasteiger partial charge on any atom is 0.295 e. The van der Waals surface area contributed by atoms with Crippen LogP contribution in [0.5, 0.6) is 0 Å². The fourth-order valence-corrected chi connectivity index (χ4v) is 0.339. The van der Waals surface area contributed by atoms with Gasteiger partial charge in [0.1, 0.15) is 0 Å². The highest BCUT2D eigenvalue weighted by Gasteiger charge is 2.13.